The minimum Gasteiger partial charge on any atom is -0.316 e. The summed E-state index contributed by atoms with van der Waals surface area (Å²) in [5, 5.41) is 3.49. The quantitative estimate of drug-likeness (QED) is 0.881. The Hall–Kier alpha value is -1.35. The largest absolute Gasteiger partial charge is 0.316 e. The molecule has 2 aliphatic rings. The Morgan fingerprint density at radius 2 is 2.26 bits per heavy atom. The summed E-state index contributed by atoms with van der Waals surface area (Å²) in [4.78, 5) is 13.6. The van der Waals surface area contributed by atoms with Crippen LogP contribution in [0.3, 0.4) is 0 Å². The first-order valence-electron chi connectivity index (χ1n) is 7.34. The minimum absolute atomic E-state index is 0.240. The molecule has 1 unspecified atom stereocenters. The average molecular weight is 258 g/mol. The molecule has 3 heteroatoms. The van der Waals surface area contributed by atoms with Crippen molar-refractivity contribution >= 4 is 11.6 Å². The summed E-state index contributed by atoms with van der Waals surface area (Å²) in [7, 11) is 1.90. The van der Waals surface area contributed by atoms with Crippen molar-refractivity contribution < 1.29 is 4.79 Å². The van der Waals surface area contributed by atoms with E-state index in [1.165, 1.54) is 30.5 Å². The fourth-order valence-electron chi connectivity index (χ4n) is 3.36. The van der Waals surface area contributed by atoms with Gasteiger partial charge in [-0.15, -0.1) is 0 Å². The van der Waals surface area contributed by atoms with Gasteiger partial charge in [-0.3, -0.25) is 4.79 Å². The van der Waals surface area contributed by atoms with E-state index < -0.39 is 0 Å². The molecule has 1 amide bonds. The van der Waals surface area contributed by atoms with E-state index >= 15 is 0 Å². The fraction of sp³-hybridized carbons (Fsp3) is 0.562. The molecule has 1 N–H and O–H groups in total. The van der Waals surface area contributed by atoms with Crippen molar-refractivity contribution in [2.45, 2.75) is 32.1 Å². The second-order valence-corrected chi connectivity index (χ2v) is 5.78. The Balaban J connectivity index is 1.84. The third kappa shape index (κ3) is 2.52. The van der Waals surface area contributed by atoms with Crippen molar-refractivity contribution in [1.82, 2.24) is 5.32 Å². The van der Waals surface area contributed by atoms with E-state index in [2.05, 4.69) is 23.5 Å². The van der Waals surface area contributed by atoms with E-state index in [9.17, 15) is 4.79 Å². The van der Waals surface area contributed by atoms with Crippen molar-refractivity contribution in [3.8, 4) is 0 Å². The van der Waals surface area contributed by atoms with Crippen molar-refractivity contribution in [3.05, 3.63) is 29.3 Å². The molecule has 1 atom stereocenters. The molecular formula is C16H22N2O. The lowest BCUT2D eigenvalue weighted by molar-refractivity contribution is -0.118. The maximum absolute atomic E-state index is 11.8. The minimum atomic E-state index is 0.240. The van der Waals surface area contributed by atoms with Gasteiger partial charge in [-0.1, -0.05) is 12.1 Å². The second-order valence-electron chi connectivity index (χ2n) is 5.78. The lowest BCUT2D eigenvalue weighted by Crippen LogP contribution is -2.33. The van der Waals surface area contributed by atoms with E-state index in [-0.39, 0.29) is 5.91 Å². The predicted octanol–water partition coefficient (Wildman–Crippen LogP) is 2.14. The summed E-state index contributed by atoms with van der Waals surface area (Å²) in [6.07, 6.45) is 5.33. The summed E-state index contributed by atoms with van der Waals surface area (Å²) >= 11 is 0. The Labute approximate surface area is 115 Å². The van der Waals surface area contributed by atoms with Crippen molar-refractivity contribution in [3.63, 3.8) is 0 Å². The molecule has 1 saturated heterocycles. The summed E-state index contributed by atoms with van der Waals surface area (Å²) < 4.78 is 0. The molecule has 0 bridgehead atoms. The van der Waals surface area contributed by atoms with Gasteiger partial charge < -0.3 is 10.2 Å². The van der Waals surface area contributed by atoms with Crippen LogP contribution in [0, 0.1) is 5.92 Å². The van der Waals surface area contributed by atoms with E-state index in [0.717, 1.165) is 31.0 Å². The molecule has 1 aromatic rings. The number of nitrogens with zero attached hydrogens (tertiary/aromatic N) is 1. The van der Waals surface area contributed by atoms with Crippen LogP contribution in [0.25, 0.3) is 0 Å². The topological polar surface area (TPSA) is 32.3 Å². The molecule has 102 valence electrons. The van der Waals surface area contributed by atoms with Gasteiger partial charge in [-0.25, -0.2) is 0 Å². The van der Waals surface area contributed by atoms with Gasteiger partial charge in [0.05, 0.1) is 0 Å². The predicted molar refractivity (Wildman–Crippen MR) is 77.5 cm³/mol. The van der Waals surface area contributed by atoms with Crippen LogP contribution in [0.15, 0.2) is 18.2 Å². The van der Waals surface area contributed by atoms with Crippen molar-refractivity contribution in [2.24, 2.45) is 5.92 Å². The van der Waals surface area contributed by atoms with Crippen molar-refractivity contribution in [2.75, 3.05) is 25.0 Å². The second kappa shape index (κ2) is 5.33. The van der Waals surface area contributed by atoms with E-state index in [1.807, 2.05) is 11.9 Å². The molecule has 0 radical (unpaired) electrons. The Morgan fingerprint density at radius 3 is 3.05 bits per heavy atom. The molecular weight excluding hydrogens is 236 g/mol. The molecule has 0 spiro atoms. The summed E-state index contributed by atoms with van der Waals surface area (Å²) in [6.45, 7) is 2.30. The van der Waals surface area contributed by atoms with E-state index in [1.54, 1.807) is 0 Å². The van der Waals surface area contributed by atoms with Crippen LogP contribution in [0.2, 0.25) is 0 Å². The average Bonchev–Trinajstić information content (AvgIpc) is 2.45. The molecule has 0 aliphatic carbocycles. The third-order valence-corrected chi connectivity index (χ3v) is 4.48. The number of carbonyl (C=O) groups excluding carboxylic acids is 1. The Kier molecular flexibility index (Phi) is 3.56. The monoisotopic (exact) mass is 258 g/mol. The van der Waals surface area contributed by atoms with Crippen LogP contribution < -0.4 is 10.2 Å². The number of nitrogens with one attached hydrogen (secondary N) is 1. The normalized spacial score (nSPS) is 23.3. The zero-order valence-electron chi connectivity index (χ0n) is 11.6. The molecule has 1 fully saturated rings. The third-order valence-electron chi connectivity index (χ3n) is 4.48. The molecule has 2 heterocycles. The van der Waals surface area contributed by atoms with E-state index in [4.69, 9.17) is 0 Å². The van der Waals surface area contributed by atoms with Crippen molar-refractivity contribution in [1.29, 1.82) is 0 Å². The molecule has 3 rings (SSSR count). The number of piperidine rings is 1. The van der Waals surface area contributed by atoms with Crippen LogP contribution in [0.5, 0.6) is 0 Å². The SMILES string of the molecule is CN1C(=O)CCc2c(CC3CCCNC3)cccc21. The highest BCUT2D eigenvalue weighted by Gasteiger charge is 2.24. The van der Waals surface area contributed by atoms with Crippen LogP contribution in [0.4, 0.5) is 5.69 Å². The van der Waals surface area contributed by atoms with Crippen LogP contribution in [-0.2, 0) is 17.6 Å². The van der Waals surface area contributed by atoms with Gasteiger partial charge in [0.1, 0.15) is 0 Å². The van der Waals surface area contributed by atoms with Crippen LogP contribution in [-0.4, -0.2) is 26.0 Å². The smallest absolute Gasteiger partial charge is 0.227 e. The van der Waals surface area contributed by atoms with Gasteiger partial charge in [-0.05, 0) is 61.9 Å². The zero-order valence-corrected chi connectivity index (χ0v) is 11.6. The molecule has 1 aromatic carbocycles. The highest BCUT2D eigenvalue weighted by atomic mass is 16.2. The lowest BCUT2D eigenvalue weighted by Gasteiger charge is -2.29. The summed E-state index contributed by atoms with van der Waals surface area (Å²) in [6, 6.07) is 6.42. The Morgan fingerprint density at radius 1 is 1.37 bits per heavy atom. The highest BCUT2D eigenvalue weighted by molar-refractivity contribution is 5.96. The number of hydrogen-bond acceptors (Lipinski definition) is 2. The van der Waals surface area contributed by atoms with E-state index in [0.29, 0.717) is 6.42 Å². The Bertz CT molecular complexity index is 478. The molecule has 19 heavy (non-hydrogen) atoms. The number of benzene rings is 1. The van der Waals surface area contributed by atoms with Gasteiger partial charge in [0.2, 0.25) is 5.91 Å². The molecule has 2 aliphatic heterocycles. The maximum Gasteiger partial charge on any atom is 0.227 e. The number of amides is 1. The fourth-order valence-corrected chi connectivity index (χ4v) is 3.36. The van der Waals surface area contributed by atoms with Gasteiger partial charge in [0, 0.05) is 19.2 Å². The molecule has 0 aromatic heterocycles. The highest BCUT2D eigenvalue weighted by Crippen LogP contribution is 2.31. The summed E-state index contributed by atoms with van der Waals surface area (Å²) in [5.74, 6) is 0.993. The van der Waals surface area contributed by atoms with Gasteiger partial charge in [0.25, 0.3) is 0 Å². The summed E-state index contributed by atoms with van der Waals surface area (Å²) in [5.41, 5.74) is 3.97. The maximum atomic E-state index is 11.8. The number of hydrogen-bond donors (Lipinski definition) is 1. The first-order valence-corrected chi connectivity index (χ1v) is 7.34. The molecule has 0 saturated carbocycles. The van der Waals surface area contributed by atoms with Gasteiger partial charge >= 0.3 is 0 Å². The van der Waals surface area contributed by atoms with Crippen LogP contribution >= 0.6 is 0 Å². The van der Waals surface area contributed by atoms with Crippen LogP contribution in [0.1, 0.15) is 30.4 Å². The van der Waals surface area contributed by atoms with Gasteiger partial charge in [0.15, 0.2) is 0 Å². The zero-order chi connectivity index (χ0) is 13.2. The standard InChI is InChI=1S/C16H22N2O/c1-18-15-6-2-5-13(14(15)7-8-16(18)19)10-12-4-3-9-17-11-12/h2,5-6,12,17H,3-4,7-11H2,1H3. The number of rotatable bonds is 2. The number of anilines is 1. The first kappa shape index (κ1) is 12.7. The molecule has 3 nitrogen and oxygen atoms in total. The number of carbonyl (C=O) groups is 1. The lowest BCUT2D eigenvalue weighted by atomic mass is 9.87. The van der Waals surface area contributed by atoms with Gasteiger partial charge in [-0.2, -0.15) is 0 Å². The first-order chi connectivity index (χ1) is 9.25. The number of fused-ring (bicyclic) bond motifs is 1.